The summed E-state index contributed by atoms with van der Waals surface area (Å²) in [5.41, 5.74) is -3.13. The van der Waals surface area contributed by atoms with Crippen LogP contribution in [0.5, 0.6) is 0 Å². The maximum atomic E-state index is 14.8. The molecule has 0 radical (unpaired) electrons. The van der Waals surface area contributed by atoms with Gasteiger partial charge in [-0.25, -0.2) is 9.18 Å². The molecule has 3 aromatic carbocycles. The summed E-state index contributed by atoms with van der Waals surface area (Å²) < 4.78 is 59.8. The lowest BCUT2D eigenvalue weighted by atomic mass is 9.81. The molecule has 1 amide bonds. The number of cyclic esters (lactones) is 1. The first-order valence-electron chi connectivity index (χ1n) is 11.8. The van der Waals surface area contributed by atoms with Gasteiger partial charge in [-0.15, -0.1) is 0 Å². The molecular formula is C29H21F4NO4. The van der Waals surface area contributed by atoms with E-state index < -0.39 is 46.9 Å². The van der Waals surface area contributed by atoms with E-state index in [0.29, 0.717) is 22.8 Å². The van der Waals surface area contributed by atoms with Gasteiger partial charge in [0.25, 0.3) is 5.91 Å². The molecule has 38 heavy (non-hydrogen) atoms. The van der Waals surface area contributed by atoms with Crippen LogP contribution in [0.15, 0.2) is 66.7 Å². The number of halogens is 4. The molecule has 2 N–H and O–H groups in total. The Morgan fingerprint density at radius 3 is 2.47 bits per heavy atom. The van der Waals surface area contributed by atoms with E-state index in [4.69, 9.17) is 4.74 Å². The van der Waals surface area contributed by atoms with Crippen LogP contribution in [-0.2, 0) is 27.7 Å². The molecule has 1 saturated carbocycles. The van der Waals surface area contributed by atoms with Crippen LogP contribution in [0.3, 0.4) is 0 Å². The SMILES string of the molecule is O=C1OCc2cc(NC(=O)C(O)(C#Cc3ccccc3)CC3(c4cc(C(F)(F)F)ccc4F)CC3)ccc21. The lowest BCUT2D eigenvalue weighted by Gasteiger charge is -2.28. The quantitative estimate of drug-likeness (QED) is 0.268. The second-order valence-corrected chi connectivity index (χ2v) is 9.53. The van der Waals surface area contributed by atoms with E-state index in [-0.39, 0.29) is 30.7 Å². The fourth-order valence-corrected chi connectivity index (χ4v) is 4.61. The van der Waals surface area contributed by atoms with Gasteiger partial charge in [-0.2, -0.15) is 13.2 Å². The normalized spacial score (nSPS) is 16.9. The summed E-state index contributed by atoms with van der Waals surface area (Å²) in [6, 6.07) is 15.2. The van der Waals surface area contributed by atoms with Crippen LogP contribution in [0, 0.1) is 17.7 Å². The molecule has 194 valence electrons. The molecule has 5 nitrogen and oxygen atoms in total. The second-order valence-electron chi connectivity index (χ2n) is 9.53. The van der Waals surface area contributed by atoms with Crippen molar-refractivity contribution in [1.82, 2.24) is 0 Å². The minimum atomic E-state index is -4.68. The van der Waals surface area contributed by atoms with E-state index in [1.165, 1.54) is 18.2 Å². The van der Waals surface area contributed by atoms with Crippen molar-refractivity contribution in [1.29, 1.82) is 0 Å². The highest BCUT2D eigenvalue weighted by atomic mass is 19.4. The molecule has 2 aliphatic rings. The molecule has 1 atom stereocenters. The largest absolute Gasteiger partial charge is 0.457 e. The summed E-state index contributed by atoms with van der Waals surface area (Å²) in [6.07, 6.45) is -4.56. The Morgan fingerprint density at radius 1 is 1.05 bits per heavy atom. The van der Waals surface area contributed by atoms with Crippen molar-refractivity contribution < 1.29 is 37.0 Å². The number of aliphatic hydroxyl groups is 1. The van der Waals surface area contributed by atoms with Gasteiger partial charge in [0, 0.05) is 28.7 Å². The highest BCUT2D eigenvalue weighted by Crippen LogP contribution is 2.55. The van der Waals surface area contributed by atoms with Crippen molar-refractivity contribution in [2.75, 3.05) is 5.32 Å². The molecule has 0 saturated heterocycles. The van der Waals surface area contributed by atoms with Crippen LogP contribution in [0.2, 0.25) is 0 Å². The summed E-state index contributed by atoms with van der Waals surface area (Å²) >= 11 is 0. The van der Waals surface area contributed by atoms with Gasteiger partial charge in [-0.1, -0.05) is 30.0 Å². The van der Waals surface area contributed by atoms with Gasteiger partial charge in [-0.3, -0.25) is 4.79 Å². The van der Waals surface area contributed by atoms with Gasteiger partial charge in [0.05, 0.1) is 11.1 Å². The van der Waals surface area contributed by atoms with Gasteiger partial charge >= 0.3 is 12.1 Å². The molecule has 0 bridgehead atoms. The number of alkyl halides is 3. The molecule has 0 spiro atoms. The van der Waals surface area contributed by atoms with Crippen LogP contribution < -0.4 is 5.32 Å². The Balaban J connectivity index is 1.49. The van der Waals surface area contributed by atoms with E-state index >= 15 is 0 Å². The number of esters is 1. The first kappa shape index (κ1) is 25.5. The first-order chi connectivity index (χ1) is 18.0. The zero-order valence-electron chi connectivity index (χ0n) is 19.9. The van der Waals surface area contributed by atoms with Gasteiger partial charge < -0.3 is 15.2 Å². The van der Waals surface area contributed by atoms with Gasteiger partial charge in [0.1, 0.15) is 12.4 Å². The molecule has 1 aliphatic heterocycles. The molecule has 9 heteroatoms. The maximum absolute atomic E-state index is 14.8. The summed E-state index contributed by atoms with van der Waals surface area (Å²) in [5.74, 6) is 3.08. The number of amides is 1. The number of carbonyl (C=O) groups is 2. The molecule has 3 aromatic rings. The molecule has 1 aliphatic carbocycles. The maximum Gasteiger partial charge on any atom is 0.416 e. The fraction of sp³-hybridized carbons (Fsp3) is 0.241. The third kappa shape index (κ3) is 5.00. The molecule has 0 aromatic heterocycles. The first-order valence-corrected chi connectivity index (χ1v) is 11.8. The second kappa shape index (κ2) is 9.30. The van der Waals surface area contributed by atoms with E-state index in [0.717, 1.165) is 12.1 Å². The van der Waals surface area contributed by atoms with Gasteiger partial charge in [0.15, 0.2) is 0 Å². The van der Waals surface area contributed by atoms with E-state index in [1.807, 2.05) is 0 Å². The van der Waals surface area contributed by atoms with Crippen LogP contribution in [0.1, 0.15) is 51.9 Å². The highest BCUT2D eigenvalue weighted by molar-refractivity contribution is 6.01. The molecule has 1 heterocycles. The number of rotatable bonds is 5. The average molecular weight is 523 g/mol. The zero-order chi connectivity index (χ0) is 27.1. The van der Waals surface area contributed by atoms with Crippen molar-refractivity contribution in [2.45, 2.75) is 43.1 Å². The summed E-state index contributed by atoms with van der Waals surface area (Å²) in [4.78, 5) is 25.2. The molecule has 1 unspecified atom stereocenters. The number of benzene rings is 3. The number of ether oxygens (including phenoxy) is 1. The number of carbonyl (C=O) groups excluding carboxylic acids is 2. The van der Waals surface area contributed by atoms with E-state index in [1.54, 1.807) is 30.3 Å². The number of hydrogen-bond donors (Lipinski definition) is 2. The number of hydrogen-bond acceptors (Lipinski definition) is 4. The lowest BCUT2D eigenvalue weighted by Crippen LogP contribution is -2.44. The third-order valence-corrected chi connectivity index (χ3v) is 6.82. The zero-order valence-corrected chi connectivity index (χ0v) is 19.9. The average Bonchev–Trinajstić information content (AvgIpc) is 3.56. The fourth-order valence-electron chi connectivity index (χ4n) is 4.61. The van der Waals surface area contributed by atoms with Gasteiger partial charge in [0.2, 0.25) is 5.60 Å². The van der Waals surface area contributed by atoms with Crippen molar-refractivity contribution in [3.05, 3.63) is 100 Å². The van der Waals surface area contributed by atoms with E-state index in [9.17, 15) is 32.3 Å². The Hall–Kier alpha value is -4.16. The predicted octanol–water partition coefficient (Wildman–Crippen LogP) is 5.36. The third-order valence-electron chi connectivity index (χ3n) is 6.82. The Morgan fingerprint density at radius 2 is 1.79 bits per heavy atom. The monoisotopic (exact) mass is 523 g/mol. The predicted molar refractivity (Wildman–Crippen MR) is 129 cm³/mol. The van der Waals surface area contributed by atoms with Crippen LogP contribution in [0.4, 0.5) is 23.2 Å². The molecular weight excluding hydrogens is 502 g/mol. The van der Waals surface area contributed by atoms with Crippen molar-refractivity contribution in [3.63, 3.8) is 0 Å². The smallest absolute Gasteiger partial charge is 0.416 e. The minimum absolute atomic E-state index is 0.0356. The number of nitrogens with one attached hydrogen (secondary N) is 1. The molecule has 1 fully saturated rings. The molecule has 5 rings (SSSR count). The van der Waals surface area contributed by atoms with Crippen molar-refractivity contribution >= 4 is 17.6 Å². The number of anilines is 1. The Bertz CT molecular complexity index is 1490. The van der Waals surface area contributed by atoms with E-state index in [2.05, 4.69) is 17.2 Å². The lowest BCUT2D eigenvalue weighted by molar-refractivity contribution is -0.137. The minimum Gasteiger partial charge on any atom is -0.457 e. The van der Waals surface area contributed by atoms with Crippen molar-refractivity contribution in [3.8, 4) is 11.8 Å². The highest BCUT2D eigenvalue weighted by Gasteiger charge is 2.54. The standard InChI is InChI=1S/C29H21F4NO4/c30-24-9-6-20(29(31,32)33)15-23(24)27(12-13-27)17-28(37,11-10-18-4-2-1-3-5-18)26(36)34-21-7-8-22-19(14-21)16-38-25(22)35/h1-9,14-15,37H,12-13,16-17H2,(H,34,36). The Kier molecular flexibility index (Phi) is 6.24. The number of fused-ring (bicyclic) bond motifs is 1. The van der Waals surface area contributed by atoms with Crippen LogP contribution in [0.25, 0.3) is 0 Å². The Labute approximate surface area is 215 Å². The van der Waals surface area contributed by atoms with Crippen molar-refractivity contribution in [2.24, 2.45) is 0 Å². The van der Waals surface area contributed by atoms with Crippen LogP contribution >= 0.6 is 0 Å². The topological polar surface area (TPSA) is 75.6 Å². The summed E-state index contributed by atoms with van der Waals surface area (Å²) in [6.45, 7) is 0.0356. The summed E-state index contributed by atoms with van der Waals surface area (Å²) in [5, 5.41) is 14.2. The summed E-state index contributed by atoms with van der Waals surface area (Å²) in [7, 11) is 0. The van der Waals surface area contributed by atoms with Gasteiger partial charge in [-0.05, 0) is 66.9 Å². The van der Waals surface area contributed by atoms with Crippen LogP contribution in [-0.4, -0.2) is 22.6 Å².